The van der Waals surface area contributed by atoms with Gasteiger partial charge in [-0.3, -0.25) is 0 Å². The van der Waals surface area contributed by atoms with Crippen molar-refractivity contribution in [1.29, 1.82) is 0 Å². The maximum Gasteiger partial charge on any atom is 0.573 e. The zero-order chi connectivity index (χ0) is 19.8. The highest BCUT2D eigenvalue weighted by Crippen LogP contribution is 2.49. The minimum Gasteiger partial charge on any atom is -0.508 e. The van der Waals surface area contributed by atoms with Gasteiger partial charge in [0.15, 0.2) is 0 Å². The van der Waals surface area contributed by atoms with Crippen LogP contribution < -0.4 is 10.1 Å². The molecule has 2 aliphatic heterocycles. The van der Waals surface area contributed by atoms with Crippen molar-refractivity contribution in [3.05, 3.63) is 59.7 Å². The summed E-state index contributed by atoms with van der Waals surface area (Å²) >= 11 is 0. The van der Waals surface area contributed by atoms with Gasteiger partial charge in [0.25, 0.3) is 0 Å². The first-order valence-corrected chi connectivity index (χ1v) is 9.37. The third-order valence-electron chi connectivity index (χ3n) is 5.62. The van der Waals surface area contributed by atoms with E-state index in [2.05, 4.69) is 22.2 Å². The van der Waals surface area contributed by atoms with Crippen LogP contribution in [0.1, 0.15) is 42.3 Å². The van der Waals surface area contributed by atoms with Crippen molar-refractivity contribution in [3.8, 4) is 11.5 Å². The van der Waals surface area contributed by atoms with E-state index in [1.807, 2.05) is 18.2 Å². The van der Waals surface area contributed by atoms with Crippen molar-refractivity contribution >= 4 is 12.4 Å². The van der Waals surface area contributed by atoms with Crippen molar-refractivity contribution in [2.24, 2.45) is 0 Å². The number of nitrogens with one attached hydrogen (secondary N) is 1. The third-order valence-corrected chi connectivity index (χ3v) is 5.62. The summed E-state index contributed by atoms with van der Waals surface area (Å²) in [6.45, 7) is 1.23. The first-order chi connectivity index (χ1) is 13.4. The van der Waals surface area contributed by atoms with Crippen LogP contribution in [0.2, 0.25) is 0 Å². The Hall–Kier alpha value is -1.96. The van der Waals surface area contributed by atoms with E-state index in [0.717, 1.165) is 31.0 Å². The van der Waals surface area contributed by atoms with Gasteiger partial charge >= 0.3 is 6.36 Å². The van der Waals surface area contributed by atoms with E-state index in [-0.39, 0.29) is 35.9 Å². The third kappa shape index (κ3) is 4.63. The summed E-state index contributed by atoms with van der Waals surface area (Å²) in [5.41, 5.74) is 1.11. The van der Waals surface area contributed by atoms with Crippen molar-refractivity contribution < 1.29 is 27.8 Å². The van der Waals surface area contributed by atoms with Crippen LogP contribution in [0.3, 0.4) is 0 Å². The molecule has 8 heteroatoms. The average Bonchev–Trinajstić information content (AvgIpc) is 3.07. The van der Waals surface area contributed by atoms with Gasteiger partial charge in [-0.1, -0.05) is 30.3 Å². The number of halogens is 4. The highest BCUT2D eigenvalue weighted by atomic mass is 35.5. The van der Waals surface area contributed by atoms with Crippen LogP contribution in [0.4, 0.5) is 13.2 Å². The topological polar surface area (TPSA) is 50.7 Å². The van der Waals surface area contributed by atoms with E-state index in [4.69, 9.17) is 4.74 Å². The van der Waals surface area contributed by atoms with Gasteiger partial charge in [0.1, 0.15) is 11.5 Å². The molecular weight excluding hydrogens is 407 g/mol. The quantitative estimate of drug-likeness (QED) is 0.714. The summed E-state index contributed by atoms with van der Waals surface area (Å²) in [6, 6.07) is 13.7. The van der Waals surface area contributed by atoms with Crippen LogP contribution in [-0.4, -0.2) is 30.2 Å². The number of hydrogen-bond donors (Lipinski definition) is 2. The number of benzene rings is 2. The number of aromatic hydroxyl groups is 1. The second kappa shape index (κ2) is 8.42. The van der Waals surface area contributed by atoms with Gasteiger partial charge in [0, 0.05) is 11.5 Å². The molecule has 0 aliphatic carbocycles. The number of phenolic OH excluding ortho intramolecular Hbond substituents is 1. The molecule has 2 aromatic carbocycles. The molecule has 2 heterocycles. The fraction of sp³-hybridized carbons (Fsp3) is 0.429. The van der Waals surface area contributed by atoms with E-state index in [1.54, 1.807) is 0 Å². The molecule has 1 spiro atoms. The number of piperidine rings is 1. The molecular formula is C21H23ClF3NO3. The number of phenols is 1. The van der Waals surface area contributed by atoms with Crippen LogP contribution in [-0.2, 0) is 4.74 Å². The molecule has 3 atom stereocenters. The molecule has 158 valence electrons. The van der Waals surface area contributed by atoms with E-state index in [9.17, 15) is 18.3 Å². The maximum absolute atomic E-state index is 12.6. The molecule has 2 saturated heterocycles. The predicted octanol–water partition coefficient (Wildman–Crippen LogP) is 5.08. The Kier molecular flexibility index (Phi) is 6.31. The summed E-state index contributed by atoms with van der Waals surface area (Å²) in [5.74, 6) is -0.578. The normalized spacial score (nSPS) is 26.9. The minimum absolute atomic E-state index is 0. The van der Waals surface area contributed by atoms with Gasteiger partial charge in [0.05, 0.1) is 18.2 Å². The molecule has 29 heavy (non-hydrogen) atoms. The van der Waals surface area contributed by atoms with E-state index in [1.165, 1.54) is 12.1 Å². The highest BCUT2D eigenvalue weighted by molar-refractivity contribution is 5.85. The van der Waals surface area contributed by atoms with E-state index < -0.39 is 12.0 Å². The first kappa shape index (κ1) is 21.7. The molecule has 0 radical (unpaired) electrons. The summed E-state index contributed by atoms with van der Waals surface area (Å²) in [7, 11) is 0. The van der Waals surface area contributed by atoms with Crippen LogP contribution in [0.15, 0.2) is 48.5 Å². The molecule has 2 aliphatic rings. The fourth-order valence-corrected chi connectivity index (χ4v) is 4.46. The molecule has 2 fully saturated rings. The largest absolute Gasteiger partial charge is 0.573 e. The lowest BCUT2D eigenvalue weighted by atomic mass is 9.77. The lowest BCUT2D eigenvalue weighted by Gasteiger charge is -2.41. The molecule has 0 saturated carbocycles. The highest BCUT2D eigenvalue weighted by Gasteiger charge is 2.49. The zero-order valence-corrected chi connectivity index (χ0v) is 16.4. The van der Waals surface area contributed by atoms with Crippen LogP contribution in [0.25, 0.3) is 0 Å². The van der Waals surface area contributed by atoms with Gasteiger partial charge in [-0.2, -0.15) is 0 Å². The SMILES string of the molecule is Cl.Oc1ccc(OC(F)(F)F)cc1[C@H]1CO[C@]2(CCCN[C@H]2c2ccccc2)C1. The van der Waals surface area contributed by atoms with E-state index in [0.29, 0.717) is 18.6 Å². The second-order valence-electron chi connectivity index (χ2n) is 7.45. The molecule has 4 nitrogen and oxygen atoms in total. The number of ether oxygens (including phenoxy) is 2. The van der Waals surface area contributed by atoms with Crippen molar-refractivity contribution in [2.75, 3.05) is 13.2 Å². The summed E-state index contributed by atoms with van der Waals surface area (Å²) in [4.78, 5) is 0. The van der Waals surface area contributed by atoms with Crippen LogP contribution >= 0.6 is 12.4 Å². The number of rotatable bonds is 3. The molecule has 2 N–H and O–H groups in total. The average molecular weight is 430 g/mol. The Bertz CT molecular complexity index is 834. The smallest absolute Gasteiger partial charge is 0.508 e. The first-order valence-electron chi connectivity index (χ1n) is 9.37. The number of alkyl halides is 3. The predicted molar refractivity (Wildman–Crippen MR) is 104 cm³/mol. The maximum atomic E-state index is 12.6. The fourth-order valence-electron chi connectivity index (χ4n) is 4.46. The molecule has 2 aromatic rings. The lowest BCUT2D eigenvalue weighted by Crippen LogP contribution is -2.48. The Morgan fingerprint density at radius 3 is 2.62 bits per heavy atom. The molecule has 0 bridgehead atoms. The minimum atomic E-state index is -4.77. The summed E-state index contributed by atoms with van der Waals surface area (Å²) < 4.78 is 48.0. The van der Waals surface area contributed by atoms with Gasteiger partial charge in [-0.25, -0.2) is 0 Å². The van der Waals surface area contributed by atoms with Crippen molar-refractivity contribution in [3.63, 3.8) is 0 Å². The van der Waals surface area contributed by atoms with Crippen molar-refractivity contribution in [2.45, 2.75) is 43.2 Å². The molecule has 0 amide bonds. The standard InChI is InChI=1S/C21H22F3NO3.ClH/c22-21(23,24)28-16-7-8-18(26)17(11-16)15-12-20(27-13-15)9-4-10-25-19(20)14-5-2-1-3-6-14;/h1-3,5-8,11,15,19,25-26H,4,9-10,12-13H2;1H/t15-,19+,20-;/m1./s1. The zero-order valence-electron chi connectivity index (χ0n) is 15.6. The molecule has 0 aromatic heterocycles. The van der Waals surface area contributed by atoms with Gasteiger partial charge in [0.2, 0.25) is 0 Å². The second-order valence-corrected chi connectivity index (χ2v) is 7.45. The van der Waals surface area contributed by atoms with Crippen LogP contribution in [0.5, 0.6) is 11.5 Å². The Labute approximate surface area is 173 Å². The summed E-state index contributed by atoms with van der Waals surface area (Å²) in [6.07, 6.45) is -2.34. The van der Waals surface area contributed by atoms with Crippen molar-refractivity contribution in [1.82, 2.24) is 5.32 Å². The van der Waals surface area contributed by atoms with Gasteiger partial charge < -0.3 is 19.9 Å². The van der Waals surface area contributed by atoms with E-state index >= 15 is 0 Å². The van der Waals surface area contributed by atoms with Gasteiger partial charge in [-0.05, 0) is 49.6 Å². The number of hydrogen-bond acceptors (Lipinski definition) is 4. The lowest BCUT2D eigenvalue weighted by molar-refractivity contribution is -0.274. The molecule has 4 rings (SSSR count). The Morgan fingerprint density at radius 2 is 1.90 bits per heavy atom. The summed E-state index contributed by atoms with van der Waals surface area (Å²) in [5, 5.41) is 13.8. The van der Waals surface area contributed by atoms with Crippen LogP contribution in [0, 0.1) is 0 Å². The van der Waals surface area contributed by atoms with Gasteiger partial charge in [-0.15, -0.1) is 25.6 Å². The monoisotopic (exact) mass is 429 g/mol. The molecule has 0 unspecified atom stereocenters. The Morgan fingerprint density at radius 1 is 1.14 bits per heavy atom. The Balaban J connectivity index is 0.00000240.